The minimum atomic E-state index is -3.06. The van der Waals surface area contributed by atoms with Gasteiger partial charge in [0.15, 0.2) is 0 Å². The van der Waals surface area contributed by atoms with Crippen molar-refractivity contribution in [2.75, 3.05) is 0 Å². The molecule has 0 amide bonds. The molecule has 0 bridgehead atoms. The minimum Gasteiger partial charge on any atom is -0.478 e. The molecule has 1 N–H and O–H groups in total. The summed E-state index contributed by atoms with van der Waals surface area (Å²) in [5.41, 5.74) is 2.50. The first-order valence-electron chi connectivity index (χ1n) is 10.0. The summed E-state index contributed by atoms with van der Waals surface area (Å²) >= 11 is 0. The van der Waals surface area contributed by atoms with Crippen molar-refractivity contribution in [1.82, 2.24) is 14.8 Å². The molecule has 1 heterocycles. The molecule has 158 valence electrons. The van der Waals surface area contributed by atoms with Crippen LogP contribution < -0.4 is 0 Å². The summed E-state index contributed by atoms with van der Waals surface area (Å²) in [5, 5.41) is 13.5. The maximum atomic E-state index is 14.1. The van der Waals surface area contributed by atoms with Crippen LogP contribution in [-0.2, 0) is 12.5 Å². The smallest absolute Gasteiger partial charge is 0.336 e. The van der Waals surface area contributed by atoms with Crippen LogP contribution in [0.5, 0.6) is 0 Å². The maximum absolute atomic E-state index is 14.1. The van der Waals surface area contributed by atoms with Crippen molar-refractivity contribution in [2.45, 2.75) is 52.0 Å². The van der Waals surface area contributed by atoms with Crippen LogP contribution in [0.25, 0.3) is 11.1 Å². The van der Waals surface area contributed by atoms with Crippen molar-refractivity contribution in [1.29, 1.82) is 0 Å². The molecule has 1 unspecified atom stereocenters. The molecule has 5 nitrogen and oxygen atoms in total. The maximum Gasteiger partial charge on any atom is 0.336 e. The highest BCUT2D eigenvalue weighted by molar-refractivity contribution is 5.95. The molecular formula is C23H25F2N3O2. The molecule has 0 aliphatic heterocycles. The van der Waals surface area contributed by atoms with Gasteiger partial charge in [0.25, 0.3) is 0 Å². The zero-order valence-electron chi connectivity index (χ0n) is 17.3. The lowest BCUT2D eigenvalue weighted by atomic mass is 9.99. The van der Waals surface area contributed by atoms with Crippen molar-refractivity contribution in [3.05, 3.63) is 71.3 Å². The Kier molecular flexibility index (Phi) is 6.29. The summed E-state index contributed by atoms with van der Waals surface area (Å²) in [6.45, 7) is 5.65. The lowest BCUT2D eigenvalue weighted by molar-refractivity contribution is -0.0177. The third-order valence-corrected chi connectivity index (χ3v) is 5.28. The second-order valence-electron chi connectivity index (χ2n) is 7.37. The van der Waals surface area contributed by atoms with Gasteiger partial charge in [-0.3, -0.25) is 0 Å². The van der Waals surface area contributed by atoms with E-state index in [9.17, 15) is 18.7 Å². The van der Waals surface area contributed by atoms with Crippen LogP contribution >= 0.6 is 0 Å². The average Bonchev–Trinajstić information content (AvgIpc) is 3.18. The molecular weight excluding hydrogens is 388 g/mol. The Hall–Kier alpha value is -3.09. The number of hydrogen-bond acceptors (Lipinski definition) is 3. The van der Waals surface area contributed by atoms with Gasteiger partial charge in [-0.05, 0) is 29.2 Å². The van der Waals surface area contributed by atoms with Crippen LogP contribution in [0.1, 0.15) is 67.1 Å². The Bertz CT molecular complexity index is 1030. The molecule has 0 radical (unpaired) electrons. The first kappa shape index (κ1) is 21.6. The Labute approximate surface area is 174 Å². The number of carboxylic acid groups (broad SMARTS) is 1. The summed E-state index contributed by atoms with van der Waals surface area (Å²) in [6, 6.07) is 14.2. The van der Waals surface area contributed by atoms with Crippen molar-refractivity contribution >= 4 is 5.97 Å². The van der Waals surface area contributed by atoms with Gasteiger partial charge in [-0.15, -0.1) is 5.10 Å². The lowest BCUT2D eigenvalue weighted by Gasteiger charge is -2.11. The topological polar surface area (TPSA) is 68.0 Å². The predicted octanol–water partition coefficient (Wildman–Crippen LogP) is 5.71. The number of hydrogen-bond donors (Lipinski definition) is 1. The molecule has 0 aliphatic carbocycles. The highest BCUT2D eigenvalue weighted by Gasteiger charge is 2.35. The van der Waals surface area contributed by atoms with E-state index in [1.165, 1.54) is 6.92 Å². The number of rotatable bonds is 8. The molecule has 3 aromatic rings. The second kappa shape index (κ2) is 8.73. The van der Waals surface area contributed by atoms with Crippen LogP contribution in [0.15, 0.2) is 48.5 Å². The van der Waals surface area contributed by atoms with E-state index in [4.69, 9.17) is 0 Å². The Morgan fingerprint density at radius 2 is 1.80 bits per heavy atom. The van der Waals surface area contributed by atoms with E-state index in [1.807, 2.05) is 38.1 Å². The fourth-order valence-corrected chi connectivity index (χ4v) is 3.21. The van der Waals surface area contributed by atoms with Crippen molar-refractivity contribution < 1.29 is 18.7 Å². The minimum absolute atomic E-state index is 0.000577. The highest BCUT2D eigenvalue weighted by Crippen LogP contribution is 2.31. The molecule has 0 saturated carbocycles. The Morgan fingerprint density at radius 1 is 1.13 bits per heavy atom. The largest absolute Gasteiger partial charge is 0.478 e. The van der Waals surface area contributed by atoms with Gasteiger partial charge in [0.1, 0.15) is 5.82 Å². The van der Waals surface area contributed by atoms with E-state index in [-0.39, 0.29) is 17.9 Å². The Balaban J connectivity index is 1.91. The van der Waals surface area contributed by atoms with Gasteiger partial charge in [0.2, 0.25) is 5.82 Å². The van der Waals surface area contributed by atoms with Gasteiger partial charge in [-0.25, -0.2) is 14.5 Å². The molecule has 2 aromatic carbocycles. The van der Waals surface area contributed by atoms with Crippen molar-refractivity contribution in [2.24, 2.45) is 0 Å². The SMILES string of the molecule is CCC(C)c1nc(C(F)(F)CC)nn1Cc1ccc(-c2ccccc2C(=O)O)cc1. The van der Waals surface area contributed by atoms with E-state index in [0.29, 0.717) is 17.9 Å². The third-order valence-electron chi connectivity index (χ3n) is 5.28. The van der Waals surface area contributed by atoms with E-state index < -0.39 is 17.7 Å². The summed E-state index contributed by atoms with van der Waals surface area (Å²) in [7, 11) is 0. The van der Waals surface area contributed by atoms with Gasteiger partial charge in [-0.1, -0.05) is 63.2 Å². The lowest BCUT2D eigenvalue weighted by Crippen LogP contribution is -2.14. The molecule has 0 aliphatic rings. The first-order valence-corrected chi connectivity index (χ1v) is 10.0. The average molecular weight is 413 g/mol. The van der Waals surface area contributed by atoms with Crippen LogP contribution in [0, 0.1) is 0 Å². The molecule has 3 rings (SSSR count). The number of halogens is 2. The molecule has 0 saturated heterocycles. The monoisotopic (exact) mass is 413 g/mol. The normalized spacial score (nSPS) is 12.7. The zero-order valence-corrected chi connectivity index (χ0v) is 17.3. The predicted molar refractivity (Wildman–Crippen MR) is 111 cm³/mol. The molecule has 30 heavy (non-hydrogen) atoms. The number of aromatic carboxylic acids is 1. The number of carboxylic acids is 1. The van der Waals surface area contributed by atoms with E-state index in [1.54, 1.807) is 28.9 Å². The van der Waals surface area contributed by atoms with E-state index in [2.05, 4.69) is 10.1 Å². The fourth-order valence-electron chi connectivity index (χ4n) is 3.21. The van der Waals surface area contributed by atoms with E-state index >= 15 is 0 Å². The first-order chi connectivity index (χ1) is 14.3. The highest BCUT2D eigenvalue weighted by atomic mass is 19.3. The van der Waals surface area contributed by atoms with Crippen LogP contribution in [0.4, 0.5) is 8.78 Å². The van der Waals surface area contributed by atoms with Crippen LogP contribution in [-0.4, -0.2) is 25.8 Å². The van der Waals surface area contributed by atoms with Gasteiger partial charge in [0.05, 0.1) is 12.1 Å². The van der Waals surface area contributed by atoms with Crippen LogP contribution in [0.2, 0.25) is 0 Å². The van der Waals surface area contributed by atoms with Gasteiger partial charge in [-0.2, -0.15) is 8.78 Å². The second-order valence-corrected chi connectivity index (χ2v) is 7.37. The summed E-state index contributed by atoms with van der Waals surface area (Å²) < 4.78 is 29.8. The molecule has 7 heteroatoms. The number of nitrogens with zero attached hydrogens (tertiary/aromatic N) is 3. The summed E-state index contributed by atoms with van der Waals surface area (Å²) in [5.74, 6) is -3.94. The van der Waals surface area contributed by atoms with Crippen molar-refractivity contribution in [3.8, 4) is 11.1 Å². The number of aromatic nitrogens is 3. The van der Waals surface area contributed by atoms with E-state index in [0.717, 1.165) is 17.5 Å². The molecule has 0 fully saturated rings. The fraction of sp³-hybridized carbons (Fsp3) is 0.348. The number of benzene rings is 2. The number of carbonyl (C=O) groups is 1. The number of alkyl halides is 2. The summed E-state index contributed by atoms with van der Waals surface area (Å²) in [6.07, 6.45) is 0.412. The summed E-state index contributed by atoms with van der Waals surface area (Å²) in [4.78, 5) is 15.6. The van der Waals surface area contributed by atoms with Gasteiger partial charge >= 0.3 is 11.9 Å². The van der Waals surface area contributed by atoms with Gasteiger partial charge < -0.3 is 5.11 Å². The molecule has 0 spiro atoms. The molecule has 1 atom stereocenters. The van der Waals surface area contributed by atoms with Crippen molar-refractivity contribution in [3.63, 3.8) is 0 Å². The zero-order chi connectivity index (χ0) is 21.9. The third kappa shape index (κ3) is 4.40. The quantitative estimate of drug-likeness (QED) is 0.514. The Morgan fingerprint density at radius 3 is 2.40 bits per heavy atom. The van der Waals surface area contributed by atoms with Gasteiger partial charge in [0, 0.05) is 12.3 Å². The molecule has 1 aromatic heterocycles. The van der Waals surface area contributed by atoms with Crippen LogP contribution in [0.3, 0.4) is 0 Å². The standard InChI is InChI=1S/C23H25F2N3O2/c1-4-15(3)20-26-22(23(24,25)5-2)27-28(20)14-16-10-12-17(13-11-16)18-8-6-7-9-19(18)21(29)30/h6-13,15H,4-5,14H2,1-3H3,(H,29,30).